The van der Waals surface area contributed by atoms with Crippen LogP contribution in [0.4, 0.5) is 11.4 Å². The van der Waals surface area contributed by atoms with Crippen molar-refractivity contribution in [3.05, 3.63) is 18.2 Å². The number of nitrogens with zero attached hydrogens (tertiary/aromatic N) is 1. The summed E-state index contributed by atoms with van der Waals surface area (Å²) in [6.45, 7) is 6.92. The van der Waals surface area contributed by atoms with Crippen molar-refractivity contribution < 1.29 is 4.74 Å². The second kappa shape index (κ2) is 5.72. The highest BCUT2D eigenvalue weighted by Crippen LogP contribution is 2.39. The summed E-state index contributed by atoms with van der Waals surface area (Å²) in [5.41, 5.74) is 8.37. The van der Waals surface area contributed by atoms with Crippen molar-refractivity contribution in [1.82, 2.24) is 0 Å². The molecule has 0 saturated carbocycles. The standard InChI is InChI=1S/C16H26N2O/c1-4-16(5-2)8-10-18(11-9-16)13-6-7-14(17)15(12-13)19-3/h6-7,12H,4-5,8-11,17H2,1-3H3. The molecule has 1 aromatic carbocycles. The van der Waals surface area contributed by atoms with Crippen molar-refractivity contribution in [3.63, 3.8) is 0 Å². The van der Waals surface area contributed by atoms with Crippen molar-refractivity contribution in [2.24, 2.45) is 5.41 Å². The highest BCUT2D eigenvalue weighted by molar-refractivity contribution is 5.62. The Morgan fingerprint density at radius 2 is 1.84 bits per heavy atom. The zero-order chi connectivity index (χ0) is 13.9. The van der Waals surface area contributed by atoms with Gasteiger partial charge in [-0.2, -0.15) is 0 Å². The number of hydrogen-bond donors (Lipinski definition) is 1. The van der Waals surface area contributed by atoms with Crippen molar-refractivity contribution >= 4 is 11.4 Å². The van der Waals surface area contributed by atoms with E-state index in [1.807, 2.05) is 6.07 Å². The van der Waals surface area contributed by atoms with Gasteiger partial charge in [0.15, 0.2) is 0 Å². The molecule has 0 amide bonds. The van der Waals surface area contributed by atoms with Gasteiger partial charge in [0, 0.05) is 24.8 Å². The van der Waals surface area contributed by atoms with Crippen LogP contribution in [0, 0.1) is 5.41 Å². The number of benzene rings is 1. The predicted octanol–water partition coefficient (Wildman–Crippen LogP) is 3.68. The van der Waals surface area contributed by atoms with Gasteiger partial charge in [0.2, 0.25) is 0 Å². The number of anilines is 2. The number of hydrogen-bond acceptors (Lipinski definition) is 3. The minimum absolute atomic E-state index is 0.564. The van der Waals surface area contributed by atoms with Crippen molar-refractivity contribution in [2.75, 3.05) is 30.8 Å². The van der Waals surface area contributed by atoms with Gasteiger partial charge in [-0.3, -0.25) is 0 Å². The van der Waals surface area contributed by atoms with Gasteiger partial charge in [0.05, 0.1) is 12.8 Å². The summed E-state index contributed by atoms with van der Waals surface area (Å²) in [7, 11) is 1.67. The second-order valence-corrected chi connectivity index (χ2v) is 5.62. The van der Waals surface area contributed by atoms with E-state index in [-0.39, 0.29) is 0 Å². The van der Waals surface area contributed by atoms with Gasteiger partial charge in [-0.05, 0) is 30.4 Å². The van der Waals surface area contributed by atoms with E-state index in [4.69, 9.17) is 10.5 Å². The molecule has 3 heteroatoms. The zero-order valence-electron chi connectivity index (χ0n) is 12.4. The molecule has 1 heterocycles. The van der Waals surface area contributed by atoms with Crippen LogP contribution < -0.4 is 15.4 Å². The van der Waals surface area contributed by atoms with Crippen LogP contribution in [-0.4, -0.2) is 20.2 Å². The molecule has 1 aromatic rings. The van der Waals surface area contributed by atoms with E-state index in [1.54, 1.807) is 7.11 Å². The Morgan fingerprint density at radius 3 is 2.37 bits per heavy atom. The van der Waals surface area contributed by atoms with Gasteiger partial charge < -0.3 is 15.4 Å². The highest BCUT2D eigenvalue weighted by atomic mass is 16.5. The maximum Gasteiger partial charge on any atom is 0.143 e. The van der Waals surface area contributed by atoms with Gasteiger partial charge in [-0.25, -0.2) is 0 Å². The van der Waals surface area contributed by atoms with Crippen LogP contribution in [0.3, 0.4) is 0 Å². The van der Waals surface area contributed by atoms with Crippen LogP contribution >= 0.6 is 0 Å². The smallest absolute Gasteiger partial charge is 0.143 e. The average molecular weight is 262 g/mol. The highest BCUT2D eigenvalue weighted by Gasteiger charge is 2.31. The third-order valence-electron chi connectivity index (χ3n) is 4.91. The molecule has 19 heavy (non-hydrogen) atoms. The van der Waals surface area contributed by atoms with Crippen LogP contribution in [-0.2, 0) is 0 Å². The maximum absolute atomic E-state index is 5.87. The van der Waals surface area contributed by atoms with Gasteiger partial charge in [-0.15, -0.1) is 0 Å². The van der Waals surface area contributed by atoms with E-state index >= 15 is 0 Å². The summed E-state index contributed by atoms with van der Waals surface area (Å²) in [5.74, 6) is 0.778. The van der Waals surface area contributed by atoms with Crippen LogP contribution in [0.1, 0.15) is 39.5 Å². The molecule has 0 radical (unpaired) electrons. The zero-order valence-corrected chi connectivity index (χ0v) is 12.4. The molecule has 0 spiro atoms. The molecular weight excluding hydrogens is 236 g/mol. The first-order chi connectivity index (χ1) is 9.14. The number of rotatable bonds is 4. The molecule has 1 aliphatic heterocycles. The van der Waals surface area contributed by atoms with Crippen LogP contribution in [0.25, 0.3) is 0 Å². The lowest BCUT2D eigenvalue weighted by molar-refractivity contribution is 0.199. The van der Waals surface area contributed by atoms with Crippen molar-refractivity contribution in [3.8, 4) is 5.75 Å². The van der Waals surface area contributed by atoms with Gasteiger partial charge >= 0.3 is 0 Å². The number of methoxy groups -OCH3 is 1. The van der Waals surface area contributed by atoms with E-state index in [0.29, 0.717) is 11.1 Å². The Morgan fingerprint density at radius 1 is 1.21 bits per heavy atom. The molecule has 0 atom stereocenters. The fraction of sp³-hybridized carbons (Fsp3) is 0.625. The predicted molar refractivity (Wildman–Crippen MR) is 81.9 cm³/mol. The monoisotopic (exact) mass is 262 g/mol. The summed E-state index contributed by atoms with van der Waals surface area (Å²) in [5, 5.41) is 0. The normalized spacial score (nSPS) is 18.4. The van der Waals surface area contributed by atoms with E-state index in [2.05, 4.69) is 30.9 Å². The van der Waals surface area contributed by atoms with Crippen LogP contribution in [0.5, 0.6) is 5.75 Å². The molecule has 2 rings (SSSR count). The summed E-state index contributed by atoms with van der Waals surface area (Å²) < 4.78 is 5.31. The SMILES string of the molecule is CCC1(CC)CCN(c2ccc(N)c(OC)c2)CC1. The number of nitrogens with two attached hydrogens (primary N) is 1. The third-order valence-corrected chi connectivity index (χ3v) is 4.91. The van der Waals surface area contributed by atoms with E-state index in [1.165, 1.54) is 31.4 Å². The fourth-order valence-electron chi connectivity index (χ4n) is 3.09. The molecule has 2 N–H and O–H groups in total. The molecule has 0 unspecified atom stereocenters. The first-order valence-electron chi connectivity index (χ1n) is 7.32. The van der Waals surface area contributed by atoms with Crippen molar-refractivity contribution in [1.29, 1.82) is 0 Å². The minimum Gasteiger partial charge on any atom is -0.495 e. The average Bonchev–Trinajstić information content (AvgIpc) is 2.48. The minimum atomic E-state index is 0.564. The largest absolute Gasteiger partial charge is 0.495 e. The van der Waals surface area contributed by atoms with E-state index in [9.17, 15) is 0 Å². The molecule has 1 saturated heterocycles. The molecular formula is C16H26N2O. The summed E-state index contributed by atoms with van der Waals surface area (Å²) in [6.07, 6.45) is 5.16. The van der Waals surface area contributed by atoms with Crippen LogP contribution in [0.15, 0.2) is 18.2 Å². The lowest BCUT2D eigenvalue weighted by Gasteiger charge is -2.42. The molecule has 1 fully saturated rings. The summed E-state index contributed by atoms with van der Waals surface area (Å²) in [4.78, 5) is 2.45. The van der Waals surface area contributed by atoms with Gasteiger partial charge in [-0.1, -0.05) is 26.7 Å². The quantitative estimate of drug-likeness (QED) is 0.841. The first-order valence-corrected chi connectivity index (χ1v) is 7.32. The Hall–Kier alpha value is -1.38. The number of ether oxygens (including phenoxy) is 1. The first kappa shape index (κ1) is 14.0. The number of nitrogen functional groups attached to an aromatic ring is 1. The topological polar surface area (TPSA) is 38.5 Å². The number of piperidine rings is 1. The lowest BCUT2D eigenvalue weighted by atomic mass is 9.74. The fourth-order valence-corrected chi connectivity index (χ4v) is 3.09. The van der Waals surface area contributed by atoms with Crippen LogP contribution in [0.2, 0.25) is 0 Å². The van der Waals surface area contributed by atoms with Gasteiger partial charge in [0.25, 0.3) is 0 Å². The molecule has 3 nitrogen and oxygen atoms in total. The Labute approximate surface area is 116 Å². The molecule has 0 aromatic heterocycles. The second-order valence-electron chi connectivity index (χ2n) is 5.62. The van der Waals surface area contributed by atoms with E-state index < -0.39 is 0 Å². The molecule has 0 bridgehead atoms. The molecule has 0 aliphatic carbocycles. The summed E-state index contributed by atoms with van der Waals surface area (Å²) in [6, 6.07) is 6.10. The van der Waals surface area contributed by atoms with E-state index in [0.717, 1.165) is 18.8 Å². The molecule has 106 valence electrons. The Bertz CT molecular complexity index is 417. The lowest BCUT2D eigenvalue weighted by Crippen LogP contribution is -2.39. The molecule has 1 aliphatic rings. The van der Waals surface area contributed by atoms with Gasteiger partial charge in [0.1, 0.15) is 5.75 Å². The Balaban J connectivity index is 2.09. The summed E-state index contributed by atoms with van der Waals surface area (Å²) >= 11 is 0. The van der Waals surface area contributed by atoms with Crippen molar-refractivity contribution in [2.45, 2.75) is 39.5 Å². The third kappa shape index (κ3) is 2.80. The Kier molecular flexibility index (Phi) is 4.23. The maximum atomic E-state index is 5.87.